The SMILES string of the molecule is Cc1ccc(S(=O)(=O)N/N=C2/C[C@@H]3CC[C@@H]2C3)cc1. The Hall–Kier alpha value is -1.36. The summed E-state index contributed by atoms with van der Waals surface area (Å²) in [5.74, 6) is 1.23. The number of hydrogen-bond donors (Lipinski definition) is 1. The van der Waals surface area contributed by atoms with E-state index in [1.165, 1.54) is 12.8 Å². The van der Waals surface area contributed by atoms with E-state index in [0.29, 0.717) is 5.92 Å². The first kappa shape index (κ1) is 12.7. The molecule has 1 aromatic carbocycles. The highest BCUT2D eigenvalue weighted by atomic mass is 32.2. The number of hydrazone groups is 1. The fourth-order valence-electron chi connectivity index (χ4n) is 3.05. The van der Waals surface area contributed by atoms with E-state index in [1.807, 2.05) is 6.92 Å². The lowest BCUT2D eigenvalue weighted by Crippen LogP contribution is -2.22. The van der Waals surface area contributed by atoms with Gasteiger partial charge in [-0.1, -0.05) is 17.7 Å². The van der Waals surface area contributed by atoms with Crippen LogP contribution in [0.25, 0.3) is 0 Å². The van der Waals surface area contributed by atoms with Gasteiger partial charge in [0.2, 0.25) is 0 Å². The smallest absolute Gasteiger partial charge is 0.200 e. The first-order valence-corrected chi connectivity index (χ1v) is 8.18. The molecule has 102 valence electrons. The number of nitrogens with zero attached hydrogens (tertiary/aromatic N) is 1. The molecule has 5 heteroatoms. The fourth-order valence-corrected chi connectivity index (χ4v) is 3.89. The van der Waals surface area contributed by atoms with Crippen LogP contribution in [0.4, 0.5) is 0 Å². The third-order valence-corrected chi connectivity index (χ3v) is 5.38. The van der Waals surface area contributed by atoms with Crippen molar-refractivity contribution in [2.45, 2.75) is 37.5 Å². The van der Waals surface area contributed by atoms with Crippen molar-refractivity contribution in [1.82, 2.24) is 4.83 Å². The van der Waals surface area contributed by atoms with Crippen LogP contribution < -0.4 is 4.83 Å². The molecule has 19 heavy (non-hydrogen) atoms. The highest BCUT2D eigenvalue weighted by Gasteiger charge is 2.36. The summed E-state index contributed by atoms with van der Waals surface area (Å²) in [5.41, 5.74) is 2.07. The van der Waals surface area contributed by atoms with Gasteiger partial charge >= 0.3 is 0 Å². The van der Waals surface area contributed by atoms with Crippen LogP contribution in [0.1, 0.15) is 31.2 Å². The third-order valence-electron chi connectivity index (χ3n) is 4.15. The van der Waals surface area contributed by atoms with Crippen LogP contribution in [-0.2, 0) is 10.0 Å². The number of hydrogen-bond acceptors (Lipinski definition) is 3. The Morgan fingerprint density at radius 3 is 2.53 bits per heavy atom. The van der Waals surface area contributed by atoms with Crippen molar-refractivity contribution in [3.63, 3.8) is 0 Å². The van der Waals surface area contributed by atoms with Gasteiger partial charge in [-0.05, 0) is 56.6 Å². The molecule has 2 saturated carbocycles. The lowest BCUT2D eigenvalue weighted by Gasteiger charge is -2.12. The maximum Gasteiger partial charge on any atom is 0.276 e. The van der Waals surface area contributed by atoms with Crippen LogP contribution in [-0.4, -0.2) is 14.1 Å². The van der Waals surface area contributed by atoms with Crippen molar-refractivity contribution >= 4 is 15.7 Å². The Bertz CT molecular complexity index is 605. The molecule has 0 heterocycles. The summed E-state index contributed by atoms with van der Waals surface area (Å²) in [6.07, 6.45) is 4.58. The van der Waals surface area contributed by atoms with Gasteiger partial charge in [-0.15, -0.1) is 0 Å². The zero-order valence-corrected chi connectivity index (χ0v) is 11.8. The van der Waals surface area contributed by atoms with Gasteiger partial charge in [0.1, 0.15) is 0 Å². The Labute approximate surface area is 114 Å². The van der Waals surface area contributed by atoms with E-state index in [1.54, 1.807) is 24.3 Å². The second-order valence-electron chi connectivity index (χ2n) is 5.59. The van der Waals surface area contributed by atoms with Crippen molar-refractivity contribution in [1.29, 1.82) is 0 Å². The van der Waals surface area contributed by atoms with Crippen LogP contribution in [0, 0.1) is 18.8 Å². The molecule has 4 nitrogen and oxygen atoms in total. The van der Waals surface area contributed by atoms with Crippen LogP contribution in [0.2, 0.25) is 0 Å². The highest BCUT2D eigenvalue weighted by molar-refractivity contribution is 7.89. The predicted octanol–water partition coefficient (Wildman–Crippen LogP) is 2.45. The lowest BCUT2D eigenvalue weighted by molar-refractivity contribution is 0.579. The van der Waals surface area contributed by atoms with E-state index in [0.717, 1.165) is 30.0 Å². The summed E-state index contributed by atoms with van der Waals surface area (Å²) >= 11 is 0. The zero-order chi connectivity index (χ0) is 13.5. The molecule has 0 unspecified atom stereocenters. The van der Waals surface area contributed by atoms with E-state index in [2.05, 4.69) is 9.93 Å². The molecule has 2 atom stereocenters. The van der Waals surface area contributed by atoms with Crippen LogP contribution >= 0.6 is 0 Å². The fraction of sp³-hybridized carbons (Fsp3) is 0.500. The van der Waals surface area contributed by atoms with Gasteiger partial charge in [0, 0.05) is 5.71 Å². The van der Waals surface area contributed by atoms with E-state index in [-0.39, 0.29) is 4.90 Å². The summed E-state index contributed by atoms with van der Waals surface area (Å²) in [5, 5.41) is 4.16. The number of sulfonamides is 1. The minimum atomic E-state index is -3.52. The molecule has 2 bridgehead atoms. The van der Waals surface area contributed by atoms with Crippen molar-refractivity contribution in [2.24, 2.45) is 16.9 Å². The topological polar surface area (TPSA) is 58.5 Å². The number of rotatable bonds is 3. The van der Waals surface area contributed by atoms with Crippen molar-refractivity contribution < 1.29 is 8.42 Å². The maximum atomic E-state index is 12.1. The summed E-state index contributed by atoms with van der Waals surface area (Å²) < 4.78 is 24.2. The Morgan fingerprint density at radius 2 is 1.95 bits per heavy atom. The maximum absolute atomic E-state index is 12.1. The standard InChI is InChI=1S/C14H18N2O2S/c1-10-2-6-13(7-3-10)19(17,18)16-15-14-9-11-4-5-12(14)8-11/h2-3,6-7,11-12,16H,4-5,8-9H2,1H3/b15-14-/t11-,12-/m1/s1. The molecule has 0 spiro atoms. The Balaban J connectivity index is 1.75. The summed E-state index contributed by atoms with van der Waals surface area (Å²) in [6.45, 7) is 1.93. The minimum Gasteiger partial charge on any atom is -0.200 e. The third kappa shape index (κ3) is 2.52. The molecular formula is C14H18N2O2S. The summed E-state index contributed by atoms with van der Waals surface area (Å²) in [6, 6.07) is 6.80. The monoisotopic (exact) mass is 278 g/mol. The predicted molar refractivity (Wildman–Crippen MR) is 74.4 cm³/mol. The van der Waals surface area contributed by atoms with Crippen LogP contribution in [0.3, 0.4) is 0 Å². The second-order valence-corrected chi connectivity index (χ2v) is 7.25. The van der Waals surface area contributed by atoms with E-state index >= 15 is 0 Å². The van der Waals surface area contributed by atoms with Gasteiger partial charge in [-0.2, -0.15) is 13.5 Å². The number of aryl methyl sites for hydroxylation is 1. The molecule has 2 aliphatic rings. The van der Waals surface area contributed by atoms with Gasteiger partial charge in [0.25, 0.3) is 10.0 Å². The quantitative estimate of drug-likeness (QED) is 0.863. The first-order valence-electron chi connectivity index (χ1n) is 6.69. The van der Waals surface area contributed by atoms with Crippen LogP contribution in [0.5, 0.6) is 0 Å². The highest BCUT2D eigenvalue weighted by Crippen LogP contribution is 2.42. The average molecular weight is 278 g/mol. The van der Waals surface area contributed by atoms with Gasteiger partial charge in [-0.3, -0.25) is 0 Å². The number of fused-ring (bicyclic) bond motifs is 2. The minimum absolute atomic E-state index is 0.269. The van der Waals surface area contributed by atoms with E-state index in [4.69, 9.17) is 0 Å². The molecule has 2 aliphatic carbocycles. The van der Waals surface area contributed by atoms with Gasteiger partial charge < -0.3 is 0 Å². The molecule has 0 radical (unpaired) electrons. The molecule has 2 fully saturated rings. The molecule has 1 aromatic rings. The molecule has 0 aromatic heterocycles. The van der Waals surface area contributed by atoms with Gasteiger partial charge in [0.05, 0.1) is 4.90 Å². The zero-order valence-electron chi connectivity index (χ0n) is 11.0. The van der Waals surface area contributed by atoms with Crippen LogP contribution in [0.15, 0.2) is 34.3 Å². The van der Waals surface area contributed by atoms with Gasteiger partial charge in [0.15, 0.2) is 0 Å². The number of benzene rings is 1. The van der Waals surface area contributed by atoms with Crippen molar-refractivity contribution in [3.8, 4) is 0 Å². The summed E-state index contributed by atoms with van der Waals surface area (Å²) in [7, 11) is -3.52. The molecular weight excluding hydrogens is 260 g/mol. The normalized spacial score (nSPS) is 27.9. The summed E-state index contributed by atoms with van der Waals surface area (Å²) in [4.78, 5) is 2.65. The van der Waals surface area contributed by atoms with E-state index < -0.39 is 10.0 Å². The molecule has 1 N–H and O–H groups in total. The van der Waals surface area contributed by atoms with E-state index in [9.17, 15) is 8.42 Å². The lowest BCUT2D eigenvalue weighted by atomic mass is 9.99. The Morgan fingerprint density at radius 1 is 1.21 bits per heavy atom. The van der Waals surface area contributed by atoms with Crippen molar-refractivity contribution in [3.05, 3.63) is 29.8 Å². The Kier molecular flexibility index (Phi) is 3.09. The number of nitrogens with one attached hydrogen (secondary N) is 1. The molecule has 3 rings (SSSR count). The molecule has 0 aliphatic heterocycles. The van der Waals surface area contributed by atoms with Gasteiger partial charge in [-0.25, -0.2) is 4.83 Å². The first-order chi connectivity index (χ1) is 9.04. The molecule has 0 saturated heterocycles. The van der Waals surface area contributed by atoms with Crippen molar-refractivity contribution in [2.75, 3.05) is 0 Å². The average Bonchev–Trinajstić information content (AvgIpc) is 2.99. The largest absolute Gasteiger partial charge is 0.276 e. The molecule has 0 amide bonds. The second kappa shape index (κ2) is 4.63.